The third-order valence-electron chi connectivity index (χ3n) is 7.60. The molecule has 29 heavy (non-hydrogen) atoms. The zero-order chi connectivity index (χ0) is 20.5. The lowest BCUT2D eigenvalue weighted by molar-refractivity contribution is -0.0261. The van der Waals surface area contributed by atoms with Crippen LogP contribution in [-0.2, 0) is 4.74 Å². The summed E-state index contributed by atoms with van der Waals surface area (Å²) in [6, 6.07) is -0.675. The lowest BCUT2D eigenvalue weighted by atomic mass is 9.70. The summed E-state index contributed by atoms with van der Waals surface area (Å²) in [5.74, 6) is 0.247. The van der Waals surface area contributed by atoms with Gasteiger partial charge < -0.3 is 15.0 Å². The van der Waals surface area contributed by atoms with Gasteiger partial charge in [-0.25, -0.2) is 8.78 Å². The van der Waals surface area contributed by atoms with Crippen LogP contribution in [0.4, 0.5) is 8.78 Å². The van der Waals surface area contributed by atoms with Gasteiger partial charge in [0.25, 0.3) is 0 Å². The minimum absolute atomic E-state index is 0.0104. The Labute approximate surface area is 174 Å². The molecule has 166 valence electrons. The maximum atomic E-state index is 16.0. The highest BCUT2D eigenvalue weighted by Crippen LogP contribution is 2.44. The molecule has 0 spiro atoms. The van der Waals surface area contributed by atoms with Crippen molar-refractivity contribution in [1.82, 2.24) is 20.9 Å². The molecule has 9 unspecified atom stereocenters. The van der Waals surface area contributed by atoms with Crippen molar-refractivity contribution in [2.75, 3.05) is 33.8 Å². The summed E-state index contributed by atoms with van der Waals surface area (Å²) in [5.41, 5.74) is 1.24. The molecule has 0 aromatic heterocycles. The summed E-state index contributed by atoms with van der Waals surface area (Å²) in [7, 11) is 3.93. The molecule has 1 saturated carbocycles. The highest BCUT2D eigenvalue weighted by molar-refractivity contribution is 5.18. The third-order valence-corrected chi connectivity index (χ3v) is 7.60. The SMILES string of the molecule is CNC1CC(NC2CC3CCOC3C(C3=CCN(C)CCC3)C2F)NC(C)C1F. The van der Waals surface area contributed by atoms with Crippen LogP contribution in [0.15, 0.2) is 11.6 Å². The van der Waals surface area contributed by atoms with Crippen molar-refractivity contribution >= 4 is 0 Å². The first kappa shape index (κ1) is 21.6. The molecule has 3 heterocycles. The molecule has 4 rings (SSSR count). The van der Waals surface area contributed by atoms with E-state index in [0.717, 1.165) is 45.4 Å². The average molecular weight is 413 g/mol. The molecule has 0 aromatic rings. The topological polar surface area (TPSA) is 48.6 Å². The van der Waals surface area contributed by atoms with Crippen LogP contribution >= 0.6 is 0 Å². The van der Waals surface area contributed by atoms with Crippen molar-refractivity contribution in [2.45, 2.75) is 81.8 Å². The molecule has 4 aliphatic rings. The Morgan fingerprint density at radius 2 is 2.03 bits per heavy atom. The van der Waals surface area contributed by atoms with E-state index in [1.807, 2.05) is 6.92 Å². The van der Waals surface area contributed by atoms with E-state index in [2.05, 4.69) is 34.0 Å². The summed E-state index contributed by atoms with van der Waals surface area (Å²) in [5, 5.41) is 9.95. The Hall–Kier alpha value is -0.600. The van der Waals surface area contributed by atoms with Crippen LogP contribution in [0.1, 0.15) is 39.0 Å². The minimum atomic E-state index is -0.975. The molecule has 2 saturated heterocycles. The van der Waals surface area contributed by atoms with Gasteiger partial charge in [-0.05, 0) is 65.6 Å². The van der Waals surface area contributed by atoms with Gasteiger partial charge in [0, 0.05) is 37.2 Å². The second-order valence-corrected chi connectivity index (χ2v) is 9.59. The first-order valence-electron chi connectivity index (χ1n) is 11.4. The maximum Gasteiger partial charge on any atom is 0.130 e. The zero-order valence-electron chi connectivity index (χ0n) is 18.0. The molecule has 0 radical (unpaired) electrons. The molecule has 5 nitrogen and oxygen atoms in total. The molecular formula is C22H38F2N4O. The van der Waals surface area contributed by atoms with E-state index in [4.69, 9.17) is 4.74 Å². The van der Waals surface area contributed by atoms with Crippen LogP contribution in [0.25, 0.3) is 0 Å². The van der Waals surface area contributed by atoms with E-state index < -0.39 is 12.3 Å². The van der Waals surface area contributed by atoms with Crippen LogP contribution in [0.3, 0.4) is 0 Å². The van der Waals surface area contributed by atoms with Gasteiger partial charge in [-0.15, -0.1) is 0 Å². The van der Waals surface area contributed by atoms with Crippen LogP contribution < -0.4 is 16.0 Å². The fraction of sp³-hybridized carbons (Fsp3) is 0.909. The van der Waals surface area contributed by atoms with Crippen molar-refractivity contribution in [3.63, 3.8) is 0 Å². The van der Waals surface area contributed by atoms with Crippen molar-refractivity contribution in [3.05, 3.63) is 11.6 Å². The number of ether oxygens (including phenoxy) is 1. The second-order valence-electron chi connectivity index (χ2n) is 9.59. The minimum Gasteiger partial charge on any atom is -0.377 e. The molecule has 3 N–H and O–H groups in total. The Morgan fingerprint density at radius 1 is 1.21 bits per heavy atom. The Balaban J connectivity index is 1.49. The summed E-state index contributed by atoms with van der Waals surface area (Å²) in [6.07, 6.45) is 4.73. The van der Waals surface area contributed by atoms with Crippen molar-refractivity contribution < 1.29 is 13.5 Å². The molecule has 3 fully saturated rings. The fourth-order valence-electron chi connectivity index (χ4n) is 5.95. The van der Waals surface area contributed by atoms with E-state index in [0.29, 0.717) is 12.3 Å². The van der Waals surface area contributed by atoms with E-state index in [9.17, 15) is 4.39 Å². The standard InChI is InChI=1S/C22H38F2N4O/c1-13-20(23)16(25-2)12-18(26-13)27-17-11-15-7-10-29-22(15)19(21(17)24)14-5-4-8-28(3)9-6-14/h6,13,15-22,25-27H,4-5,7-12H2,1-3H3. The van der Waals surface area contributed by atoms with Crippen molar-refractivity contribution in [2.24, 2.45) is 11.8 Å². The molecule has 0 aromatic carbocycles. The van der Waals surface area contributed by atoms with E-state index >= 15 is 4.39 Å². The van der Waals surface area contributed by atoms with Gasteiger partial charge in [0.05, 0.1) is 12.3 Å². The fourth-order valence-corrected chi connectivity index (χ4v) is 5.95. The Bertz CT molecular complexity index is 591. The van der Waals surface area contributed by atoms with Gasteiger partial charge in [-0.1, -0.05) is 11.6 Å². The number of halogens is 2. The number of fused-ring (bicyclic) bond motifs is 1. The number of alkyl halides is 2. The van der Waals surface area contributed by atoms with Gasteiger partial charge in [-0.3, -0.25) is 10.6 Å². The summed E-state index contributed by atoms with van der Waals surface area (Å²) < 4.78 is 36.4. The molecule has 3 aliphatic heterocycles. The van der Waals surface area contributed by atoms with Crippen LogP contribution in [-0.4, -0.2) is 81.4 Å². The first-order chi connectivity index (χ1) is 14.0. The van der Waals surface area contributed by atoms with Gasteiger partial charge >= 0.3 is 0 Å². The maximum absolute atomic E-state index is 16.0. The summed E-state index contributed by atoms with van der Waals surface area (Å²) >= 11 is 0. The predicted molar refractivity (Wildman–Crippen MR) is 111 cm³/mol. The Morgan fingerprint density at radius 3 is 2.83 bits per heavy atom. The van der Waals surface area contributed by atoms with Gasteiger partial charge in [0.2, 0.25) is 0 Å². The van der Waals surface area contributed by atoms with E-state index in [1.54, 1.807) is 7.05 Å². The lowest BCUT2D eigenvalue weighted by Crippen LogP contribution is -2.65. The molecule has 0 amide bonds. The van der Waals surface area contributed by atoms with Crippen molar-refractivity contribution in [3.8, 4) is 0 Å². The van der Waals surface area contributed by atoms with Gasteiger partial charge in [0.1, 0.15) is 12.3 Å². The summed E-state index contributed by atoms with van der Waals surface area (Å²) in [4.78, 5) is 2.30. The summed E-state index contributed by atoms with van der Waals surface area (Å²) in [6.45, 7) is 4.55. The second kappa shape index (κ2) is 9.27. The highest BCUT2D eigenvalue weighted by Gasteiger charge is 2.50. The van der Waals surface area contributed by atoms with E-state index in [1.165, 1.54) is 5.57 Å². The number of rotatable bonds is 4. The molecular weight excluding hydrogens is 374 g/mol. The molecule has 1 aliphatic carbocycles. The number of piperidine rings is 1. The number of nitrogens with zero attached hydrogens (tertiary/aromatic N) is 1. The molecule has 9 atom stereocenters. The van der Waals surface area contributed by atoms with E-state index in [-0.39, 0.29) is 36.3 Å². The normalized spacial score (nSPS) is 46.8. The Kier molecular flexibility index (Phi) is 6.91. The number of hydrogen-bond donors (Lipinski definition) is 3. The smallest absolute Gasteiger partial charge is 0.130 e. The zero-order valence-corrected chi connectivity index (χ0v) is 18.0. The average Bonchev–Trinajstić information content (AvgIpc) is 3.05. The van der Waals surface area contributed by atoms with Gasteiger partial charge in [0.15, 0.2) is 0 Å². The molecule has 0 bridgehead atoms. The molecule has 7 heteroatoms. The van der Waals surface area contributed by atoms with Crippen molar-refractivity contribution in [1.29, 1.82) is 0 Å². The number of nitrogens with one attached hydrogen (secondary N) is 3. The number of hydrogen-bond acceptors (Lipinski definition) is 5. The van der Waals surface area contributed by atoms with Gasteiger partial charge in [-0.2, -0.15) is 0 Å². The monoisotopic (exact) mass is 412 g/mol. The highest BCUT2D eigenvalue weighted by atomic mass is 19.1. The largest absolute Gasteiger partial charge is 0.377 e. The number of likely N-dealkylation sites (N-methyl/N-ethyl adjacent to an activating group) is 1. The van der Waals surface area contributed by atoms with Crippen LogP contribution in [0, 0.1) is 11.8 Å². The lowest BCUT2D eigenvalue weighted by Gasteiger charge is -2.45. The first-order valence-corrected chi connectivity index (χ1v) is 11.4. The van der Waals surface area contributed by atoms with Crippen LogP contribution in [0.5, 0.6) is 0 Å². The third kappa shape index (κ3) is 4.54. The predicted octanol–water partition coefficient (Wildman–Crippen LogP) is 1.99. The van der Waals surface area contributed by atoms with Crippen LogP contribution in [0.2, 0.25) is 0 Å². The quantitative estimate of drug-likeness (QED) is 0.617.